The summed E-state index contributed by atoms with van der Waals surface area (Å²) in [5, 5.41) is 9.70. The summed E-state index contributed by atoms with van der Waals surface area (Å²) in [5.41, 5.74) is 0.901. The van der Waals surface area contributed by atoms with Crippen molar-refractivity contribution in [2.24, 2.45) is 0 Å². The number of thiazole rings is 1. The summed E-state index contributed by atoms with van der Waals surface area (Å²) >= 11 is 3.10. The van der Waals surface area contributed by atoms with Crippen LogP contribution in [0.25, 0.3) is 10.6 Å². The molecule has 2 aromatic heterocycles. The van der Waals surface area contributed by atoms with Gasteiger partial charge in [0.2, 0.25) is 11.8 Å². The zero-order valence-corrected chi connectivity index (χ0v) is 16.0. The van der Waals surface area contributed by atoms with Gasteiger partial charge in [0.1, 0.15) is 0 Å². The lowest BCUT2D eigenvalue weighted by atomic mass is 10.1. The third-order valence-corrected chi connectivity index (χ3v) is 6.02. The van der Waals surface area contributed by atoms with E-state index >= 15 is 0 Å². The minimum Gasteiger partial charge on any atom is -0.351 e. The monoisotopic (exact) mass is 378 g/mol. The summed E-state index contributed by atoms with van der Waals surface area (Å²) in [7, 11) is 0. The summed E-state index contributed by atoms with van der Waals surface area (Å²) in [5.74, 6) is -0.0289. The Morgan fingerprint density at radius 2 is 2.20 bits per heavy atom. The molecule has 1 fully saturated rings. The molecule has 0 aliphatic carbocycles. The van der Waals surface area contributed by atoms with Gasteiger partial charge in [-0.2, -0.15) is 0 Å². The highest BCUT2D eigenvalue weighted by molar-refractivity contribution is 7.18. The van der Waals surface area contributed by atoms with Crippen LogP contribution in [-0.2, 0) is 16.1 Å². The number of aryl methyl sites for hydroxylation is 1. The molecule has 1 atom stereocenters. The number of carbonyl (C=O) groups excluding carboxylic acids is 2. The maximum absolute atomic E-state index is 12.2. The number of nitrogens with one attached hydrogen (secondary N) is 3. The molecule has 8 heteroatoms. The molecule has 1 aliphatic rings. The normalized spacial score (nSPS) is 16.8. The molecule has 0 spiro atoms. The second kappa shape index (κ2) is 8.07. The van der Waals surface area contributed by atoms with Gasteiger partial charge in [-0.15, -0.1) is 22.7 Å². The van der Waals surface area contributed by atoms with Crippen LogP contribution in [0, 0.1) is 6.92 Å². The van der Waals surface area contributed by atoms with E-state index < -0.39 is 0 Å². The van der Waals surface area contributed by atoms with Gasteiger partial charge in [-0.05, 0) is 38.4 Å². The number of hydrogen-bond acceptors (Lipinski definition) is 6. The highest BCUT2D eigenvalue weighted by Gasteiger charge is 2.19. The molecule has 3 heterocycles. The van der Waals surface area contributed by atoms with Crippen molar-refractivity contribution in [3.8, 4) is 10.6 Å². The van der Waals surface area contributed by atoms with Crippen molar-refractivity contribution in [1.82, 2.24) is 15.6 Å². The van der Waals surface area contributed by atoms with Crippen molar-refractivity contribution in [2.75, 3.05) is 11.9 Å². The van der Waals surface area contributed by atoms with Gasteiger partial charge in [0.25, 0.3) is 0 Å². The molecular formula is C17H22N4O2S2. The fraction of sp³-hybridized carbons (Fsp3) is 0.471. The fourth-order valence-corrected chi connectivity index (χ4v) is 4.72. The van der Waals surface area contributed by atoms with Crippen LogP contribution in [0.1, 0.15) is 35.9 Å². The Hall–Kier alpha value is -1.77. The largest absolute Gasteiger partial charge is 0.351 e. The maximum atomic E-state index is 12.2. The third kappa shape index (κ3) is 4.87. The van der Waals surface area contributed by atoms with Gasteiger partial charge >= 0.3 is 0 Å². The summed E-state index contributed by atoms with van der Waals surface area (Å²) < 4.78 is 0. The number of amides is 2. The number of nitrogens with zero attached hydrogens (tertiary/aromatic N) is 1. The van der Waals surface area contributed by atoms with Gasteiger partial charge in [-0.25, -0.2) is 4.98 Å². The van der Waals surface area contributed by atoms with Crippen molar-refractivity contribution < 1.29 is 9.59 Å². The number of rotatable bonds is 6. The molecule has 3 rings (SSSR count). The van der Waals surface area contributed by atoms with E-state index in [2.05, 4.69) is 20.9 Å². The number of anilines is 1. The molecule has 2 amide bonds. The first-order valence-electron chi connectivity index (χ1n) is 8.35. The predicted octanol–water partition coefficient (Wildman–Crippen LogP) is 2.90. The van der Waals surface area contributed by atoms with Crippen molar-refractivity contribution in [3.63, 3.8) is 0 Å². The molecule has 3 N–H and O–H groups in total. The standard InChI is InChI=1S/C17H22N4O2S2/c1-10-16(14-6-5-13(25-14)9-19-11(2)22)21-17(24-10)20-15(23)8-12-4-3-7-18-12/h5-6,12,18H,3-4,7-9H2,1-2H3,(H,19,22)(H,20,21,23). The number of hydrogen-bond donors (Lipinski definition) is 3. The molecule has 1 aliphatic heterocycles. The molecular weight excluding hydrogens is 356 g/mol. The van der Waals surface area contributed by atoms with Crippen LogP contribution in [0.3, 0.4) is 0 Å². The summed E-state index contributed by atoms with van der Waals surface area (Å²) in [6.07, 6.45) is 2.69. The average Bonchev–Trinajstić information content (AvgIpc) is 3.26. The average molecular weight is 379 g/mol. The lowest BCUT2D eigenvalue weighted by Gasteiger charge is -2.08. The highest BCUT2D eigenvalue weighted by Crippen LogP contribution is 2.34. The molecule has 0 radical (unpaired) electrons. The lowest BCUT2D eigenvalue weighted by molar-refractivity contribution is -0.119. The third-order valence-electron chi connectivity index (χ3n) is 4.04. The van der Waals surface area contributed by atoms with E-state index in [0.29, 0.717) is 18.1 Å². The molecule has 0 aromatic carbocycles. The summed E-state index contributed by atoms with van der Waals surface area (Å²) in [6, 6.07) is 4.30. The Labute approximate surface area is 155 Å². The fourth-order valence-electron chi connectivity index (χ4n) is 2.82. The predicted molar refractivity (Wildman–Crippen MR) is 102 cm³/mol. The van der Waals surface area contributed by atoms with E-state index in [4.69, 9.17) is 0 Å². The molecule has 134 valence electrons. The van der Waals surface area contributed by atoms with Crippen LogP contribution in [0.15, 0.2) is 12.1 Å². The van der Waals surface area contributed by atoms with Crippen LogP contribution in [0.2, 0.25) is 0 Å². The van der Waals surface area contributed by atoms with E-state index in [9.17, 15) is 9.59 Å². The van der Waals surface area contributed by atoms with Crippen LogP contribution < -0.4 is 16.0 Å². The number of aromatic nitrogens is 1. The Morgan fingerprint density at radius 3 is 2.92 bits per heavy atom. The molecule has 1 unspecified atom stereocenters. The molecule has 0 saturated carbocycles. The van der Waals surface area contributed by atoms with E-state index in [0.717, 1.165) is 39.7 Å². The summed E-state index contributed by atoms with van der Waals surface area (Å²) in [4.78, 5) is 31.0. The molecule has 1 saturated heterocycles. The number of carbonyl (C=O) groups is 2. The number of thiophene rings is 1. The minimum atomic E-state index is -0.0402. The van der Waals surface area contributed by atoms with Crippen molar-refractivity contribution in [1.29, 1.82) is 0 Å². The summed E-state index contributed by atoms with van der Waals surface area (Å²) in [6.45, 7) is 5.04. The van der Waals surface area contributed by atoms with E-state index in [1.54, 1.807) is 11.3 Å². The quantitative estimate of drug-likeness (QED) is 0.722. The smallest absolute Gasteiger partial charge is 0.227 e. The van der Waals surface area contributed by atoms with Gasteiger partial charge in [0, 0.05) is 29.1 Å². The lowest BCUT2D eigenvalue weighted by Crippen LogP contribution is -2.27. The van der Waals surface area contributed by atoms with Crippen LogP contribution in [0.4, 0.5) is 5.13 Å². The van der Waals surface area contributed by atoms with E-state index in [1.807, 2.05) is 19.1 Å². The second-order valence-electron chi connectivity index (χ2n) is 6.15. The highest BCUT2D eigenvalue weighted by atomic mass is 32.1. The molecule has 2 aromatic rings. The van der Waals surface area contributed by atoms with Gasteiger partial charge in [0.15, 0.2) is 5.13 Å². The first-order valence-corrected chi connectivity index (χ1v) is 9.99. The van der Waals surface area contributed by atoms with Crippen LogP contribution >= 0.6 is 22.7 Å². The maximum Gasteiger partial charge on any atom is 0.227 e. The van der Waals surface area contributed by atoms with Crippen molar-refractivity contribution in [2.45, 2.75) is 45.7 Å². The first-order chi connectivity index (χ1) is 12.0. The minimum absolute atomic E-state index is 0.0113. The molecule has 0 bridgehead atoms. The Morgan fingerprint density at radius 1 is 1.36 bits per heavy atom. The first kappa shape index (κ1) is 18.0. The Bertz CT molecular complexity index is 763. The zero-order valence-electron chi connectivity index (χ0n) is 14.3. The van der Waals surface area contributed by atoms with Gasteiger partial charge in [0.05, 0.1) is 17.1 Å². The van der Waals surface area contributed by atoms with Gasteiger partial charge in [-0.1, -0.05) is 0 Å². The topological polar surface area (TPSA) is 83.1 Å². The van der Waals surface area contributed by atoms with Gasteiger partial charge in [-0.3, -0.25) is 9.59 Å². The zero-order chi connectivity index (χ0) is 17.8. The van der Waals surface area contributed by atoms with Gasteiger partial charge < -0.3 is 16.0 Å². The SMILES string of the molecule is CC(=O)NCc1ccc(-c2nc(NC(=O)CC3CCCN3)sc2C)s1. The Kier molecular flexibility index (Phi) is 5.82. The van der Waals surface area contributed by atoms with Crippen LogP contribution in [-0.4, -0.2) is 29.4 Å². The Balaban J connectivity index is 1.63. The van der Waals surface area contributed by atoms with Crippen molar-refractivity contribution >= 4 is 39.6 Å². The molecule has 25 heavy (non-hydrogen) atoms. The van der Waals surface area contributed by atoms with Crippen molar-refractivity contribution in [3.05, 3.63) is 21.9 Å². The van der Waals surface area contributed by atoms with E-state index in [1.165, 1.54) is 18.3 Å². The molecule has 6 nitrogen and oxygen atoms in total. The second-order valence-corrected chi connectivity index (χ2v) is 8.52. The van der Waals surface area contributed by atoms with E-state index in [-0.39, 0.29) is 17.9 Å². The van der Waals surface area contributed by atoms with Crippen LogP contribution in [0.5, 0.6) is 0 Å².